The van der Waals surface area contributed by atoms with Crippen molar-refractivity contribution in [3.05, 3.63) is 35.9 Å². The van der Waals surface area contributed by atoms with E-state index in [1.807, 2.05) is 18.2 Å². The SMILES string of the molecule is NCC(c1ccccc1)C(O)CC1CCCCCC1. The molecule has 0 spiro atoms. The number of rotatable bonds is 5. The van der Waals surface area contributed by atoms with Crippen molar-refractivity contribution in [2.45, 2.75) is 57.0 Å². The Balaban J connectivity index is 1.94. The minimum atomic E-state index is -0.296. The Labute approximate surface area is 117 Å². The average Bonchev–Trinajstić information content (AvgIpc) is 2.69. The number of benzene rings is 1. The van der Waals surface area contributed by atoms with E-state index in [9.17, 15) is 5.11 Å². The van der Waals surface area contributed by atoms with Crippen LogP contribution in [-0.2, 0) is 0 Å². The monoisotopic (exact) mass is 261 g/mol. The van der Waals surface area contributed by atoms with Crippen LogP contribution in [0.3, 0.4) is 0 Å². The van der Waals surface area contributed by atoms with Gasteiger partial charge in [-0.3, -0.25) is 0 Å². The molecule has 2 nitrogen and oxygen atoms in total. The molecular weight excluding hydrogens is 234 g/mol. The van der Waals surface area contributed by atoms with Crippen LogP contribution >= 0.6 is 0 Å². The van der Waals surface area contributed by atoms with Gasteiger partial charge in [-0.15, -0.1) is 0 Å². The molecule has 1 fully saturated rings. The predicted molar refractivity (Wildman–Crippen MR) is 80.1 cm³/mol. The summed E-state index contributed by atoms with van der Waals surface area (Å²) >= 11 is 0. The first-order chi connectivity index (χ1) is 9.31. The van der Waals surface area contributed by atoms with Crippen molar-refractivity contribution in [1.82, 2.24) is 0 Å². The van der Waals surface area contributed by atoms with Crippen LogP contribution in [0.2, 0.25) is 0 Å². The van der Waals surface area contributed by atoms with E-state index in [4.69, 9.17) is 5.73 Å². The lowest BCUT2D eigenvalue weighted by atomic mass is 9.85. The largest absolute Gasteiger partial charge is 0.392 e. The summed E-state index contributed by atoms with van der Waals surface area (Å²) in [6, 6.07) is 10.2. The standard InChI is InChI=1S/C17H27NO/c18-13-16(15-10-6-3-7-11-15)17(19)12-14-8-4-1-2-5-9-14/h3,6-7,10-11,14,16-17,19H,1-2,4-5,8-9,12-13,18H2. The van der Waals surface area contributed by atoms with Crippen molar-refractivity contribution in [2.75, 3.05) is 6.54 Å². The maximum Gasteiger partial charge on any atom is 0.0623 e. The van der Waals surface area contributed by atoms with Gasteiger partial charge < -0.3 is 10.8 Å². The quantitative estimate of drug-likeness (QED) is 0.797. The highest BCUT2D eigenvalue weighted by atomic mass is 16.3. The Morgan fingerprint density at radius 2 is 1.68 bits per heavy atom. The zero-order chi connectivity index (χ0) is 13.5. The first-order valence-electron chi connectivity index (χ1n) is 7.74. The van der Waals surface area contributed by atoms with Gasteiger partial charge >= 0.3 is 0 Å². The van der Waals surface area contributed by atoms with Gasteiger partial charge in [-0.25, -0.2) is 0 Å². The van der Waals surface area contributed by atoms with E-state index in [1.165, 1.54) is 44.1 Å². The summed E-state index contributed by atoms with van der Waals surface area (Å²) in [6.07, 6.45) is 8.57. The number of nitrogens with two attached hydrogens (primary N) is 1. The van der Waals surface area contributed by atoms with Crippen LogP contribution in [0.1, 0.15) is 56.4 Å². The van der Waals surface area contributed by atoms with Crippen molar-refractivity contribution >= 4 is 0 Å². The van der Waals surface area contributed by atoms with E-state index < -0.39 is 0 Å². The molecule has 1 aliphatic carbocycles. The molecule has 0 radical (unpaired) electrons. The van der Waals surface area contributed by atoms with E-state index in [0.717, 1.165) is 6.42 Å². The molecular formula is C17H27NO. The highest BCUT2D eigenvalue weighted by Gasteiger charge is 2.23. The summed E-state index contributed by atoms with van der Waals surface area (Å²) in [5.41, 5.74) is 7.05. The van der Waals surface area contributed by atoms with Gasteiger partial charge in [0.25, 0.3) is 0 Å². The van der Waals surface area contributed by atoms with Crippen LogP contribution in [0.5, 0.6) is 0 Å². The zero-order valence-corrected chi connectivity index (χ0v) is 11.8. The first-order valence-corrected chi connectivity index (χ1v) is 7.74. The second-order valence-corrected chi connectivity index (χ2v) is 5.91. The van der Waals surface area contributed by atoms with Gasteiger partial charge in [0.1, 0.15) is 0 Å². The Kier molecular flexibility index (Phi) is 5.87. The van der Waals surface area contributed by atoms with Gasteiger partial charge in [0.05, 0.1) is 6.10 Å². The number of hydrogen-bond donors (Lipinski definition) is 2. The third kappa shape index (κ3) is 4.32. The fourth-order valence-corrected chi connectivity index (χ4v) is 3.32. The molecule has 1 saturated carbocycles. The van der Waals surface area contributed by atoms with E-state index in [-0.39, 0.29) is 12.0 Å². The third-order valence-electron chi connectivity index (χ3n) is 4.50. The highest BCUT2D eigenvalue weighted by molar-refractivity contribution is 5.21. The van der Waals surface area contributed by atoms with Crippen LogP contribution in [0.15, 0.2) is 30.3 Å². The number of aliphatic hydroxyl groups is 1. The first kappa shape index (κ1) is 14.5. The average molecular weight is 261 g/mol. The van der Waals surface area contributed by atoms with Crippen LogP contribution < -0.4 is 5.73 Å². The maximum atomic E-state index is 10.5. The van der Waals surface area contributed by atoms with Gasteiger partial charge in [-0.1, -0.05) is 68.9 Å². The number of hydrogen-bond acceptors (Lipinski definition) is 2. The van der Waals surface area contributed by atoms with Crippen molar-refractivity contribution in [1.29, 1.82) is 0 Å². The Morgan fingerprint density at radius 1 is 1.05 bits per heavy atom. The molecule has 0 amide bonds. The predicted octanol–water partition coefficient (Wildman–Crippen LogP) is 3.45. The van der Waals surface area contributed by atoms with Gasteiger partial charge in [0.2, 0.25) is 0 Å². The van der Waals surface area contributed by atoms with Gasteiger partial charge in [-0.05, 0) is 17.9 Å². The van der Waals surface area contributed by atoms with Gasteiger partial charge in [0, 0.05) is 12.5 Å². The third-order valence-corrected chi connectivity index (χ3v) is 4.50. The summed E-state index contributed by atoms with van der Waals surface area (Å²) in [7, 11) is 0. The molecule has 2 unspecified atom stereocenters. The molecule has 106 valence electrons. The summed E-state index contributed by atoms with van der Waals surface area (Å²) < 4.78 is 0. The molecule has 0 bridgehead atoms. The Hall–Kier alpha value is -0.860. The molecule has 19 heavy (non-hydrogen) atoms. The van der Waals surface area contributed by atoms with Crippen LogP contribution in [0.4, 0.5) is 0 Å². The van der Waals surface area contributed by atoms with Crippen molar-refractivity contribution in [3.8, 4) is 0 Å². The van der Waals surface area contributed by atoms with Crippen molar-refractivity contribution < 1.29 is 5.11 Å². The fourth-order valence-electron chi connectivity index (χ4n) is 3.32. The second-order valence-electron chi connectivity index (χ2n) is 5.91. The zero-order valence-electron chi connectivity index (χ0n) is 11.8. The molecule has 2 rings (SSSR count). The minimum absolute atomic E-state index is 0.0875. The van der Waals surface area contributed by atoms with Crippen LogP contribution in [0, 0.1) is 5.92 Å². The molecule has 1 aliphatic rings. The van der Waals surface area contributed by atoms with E-state index in [1.54, 1.807) is 0 Å². The topological polar surface area (TPSA) is 46.2 Å². The molecule has 2 atom stereocenters. The van der Waals surface area contributed by atoms with Crippen LogP contribution in [-0.4, -0.2) is 17.8 Å². The smallest absolute Gasteiger partial charge is 0.0623 e. The highest BCUT2D eigenvalue weighted by Crippen LogP contribution is 2.30. The van der Waals surface area contributed by atoms with Crippen LogP contribution in [0.25, 0.3) is 0 Å². The minimum Gasteiger partial charge on any atom is -0.392 e. The summed E-state index contributed by atoms with van der Waals surface area (Å²) in [5.74, 6) is 0.778. The van der Waals surface area contributed by atoms with E-state index >= 15 is 0 Å². The van der Waals surface area contributed by atoms with Gasteiger partial charge in [0.15, 0.2) is 0 Å². The second kappa shape index (κ2) is 7.66. The van der Waals surface area contributed by atoms with E-state index in [2.05, 4.69) is 12.1 Å². The summed E-state index contributed by atoms with van der Waals surface area (Å²) in [4.78, 5) is 0. The normalized spacial score (nSPS) is 20.7. The van der Waals surface area contributed by atoms with Crippen molar-refractivity contribution in [3.63, 3.8) is 0 Å². The summed E-state index contributed by atoms with van der Waals surface area (Å²) in [6.45, 7) is 0.526. The molecule has 2 heteroatoms. The molecule has 0 saturated heterocycles. The molecule has 0 aromatic heterocycles. The number of aliphatic hydroxyl groups excluding tert-OH is 1. The molecule has 0 aliphatic heterocycles. The van der Waals surface area contributed by atoms with Crippen molar-refractivity contribution in [2.24, 2.45) is 11.7 Å². The lowest BCUT2D eigenvalue weighted by molar-refractivity contribution is 0.112. The molecule has 1 aromatic carbocycles. The lowest BCUT2D eigenvalue weighted by Gasteiger charge is -2.25. The molecule has 3 N–H and O–H groups in total. The fraction of sp³-hybridized carbons (Fsp3) is 0.647. The maximum absolute atomic E-state index is 10.5. The van der Waals surface area contributed by atoms with Gasteiger partial charge in [-0.2, -0.15) is 0 Å². The Morgan fingerprint density at radius 3 is 2.26 bits per heavy atom. The summed E-state index contributed by atoms with van der Waals surface area (Å²) in [5, 5.41) is 10.5. The molecule has 0 heterocycles. The lowest BCUT2D eigenvalue weighted by Crippen LogP contribution is -2.28. The molecule has 1 aromatic rings. The van der Waals surface area contributed by atoms with E-state index in [0.29, 0.717) is 12.5 Å². The Bertz CT molecular complexity index is 344.